The van der Waals surface area contributed by atoms with Crippen molar-refractivity contribution in [3.8, 4) is 0 Å². The van der Waals surface area contributed by atoms with Gasteiger partial charge in [-0.2, -0.15) is 0 Å². The second kappa shape index (κ2) is 7.17. The van der Waals surface area contributed by atoms with Crippen molar-refractivity contribution in [1.82, 2.24) is 19.7 Å². The molecule has 1 N–H and O–H groups in total. The van der Waals surface area contributed by atoms with E-state index < -0.39 is 0 Å². The smallest absolute Gasteiger partial charge is 0.221 e. The molecule has 1 amide bonds. The number of carbonyl (C=O) groups excluding carboxylic acids is 1. The lowest BCUT2D eigenvalue weighted by Gasteiger charge is -2.18. The van der Waals surface area contributed by atoms with Crippen molar-refractivity contribution in [2.24, 2.45) is 0 Å². The minimum absolute atomic E-state index is 0.0575. The lowest BCUT2D eigenvalue weighted by Crippen LogP contribution is -2.20. The van der Waals surface area contributed by atoms with E-state index in [4.69, 9.17) is 0 Å². The van der Waals surface area contributed by atoms with Crippen LogP contribution in [0.2, 0.25) is 0 Å². The Balaban J connectivity index is 1.95. The molecule has 0 radical (unpaired) electrons. The zero-order valence-electron chi connectivity index (χ0n) is 13.6. The van der Waals surface area contributed by atoms with Gasteiger partial charge in [0.2, 0.25) is 5.91 Å². The quantitative estimate of drug-likeness (QED) is 0.890. The number of benzene rings is 1. The SMILES string of the molecule is CC(=O)Nc1ccc(CN(C)Cc2nncn2C(C)C)cc1. The lowest BCUT2D eigenvalue weighted by molar-refractivity contribution is -0.114. The van der Waals surface area contributed by atoms with Crippen molar-refractivity contribution in [3.63, 3.8) is 0 Å². The number of hydrogen-bond acceptors (Lipinski definition) is 4. The molecule has 0 aliphatic carbocycles. The third-order valence-electron chi connectivity index (χ3n) is 3.34. The summed E-state index contributed by atoms with van der Waals surface area (Å²) in [5.74, 6) is 0.908. The standard InChI is InChI=1S/C16H23N5O/c1-12(2)21-11-17-19-16(21)10-20(4)9-14-5-7-15(8-6-14)18-13(3)22/h5-8,11-12H,9-10H2,1-4H3,(H,18,22). The summed E-state index contributed by atoms with van der Waals surface area (Å²) < 4.78 is 2.08. The molecule has 0 aliphatic rings. The summed E-state index contributed by atoms with van der Waals surface area (Å²) in [5.41, 5.74) is 2.01. The summed E-state index contributed by atoms with van der Waals surface area (Å²) in [6, 6.07) is 8.24. The minimum Gasteiger partial charge on any atom is -0.326 e. The zero-order chi connectivity index (χ0) is 16.1. The third kappa shape index (κ3) is 4.39. The maximum absolute atomic E-state index is 11.0. The molecule has 118 valence electrons. The number of amides is 1. The highest BCUT2D eigenvalue weighted by Crippen LogP contribution is 2.13. The summed E-state index contributed by atoms with van der Waals surface area (Å²) in [5, 5.41) is 10.9. The van der Waals surface area contributed by atoms with Gasteiger partial charge in [0, 0.05) is 25.2 Å². The molecule has 2 rings (SSSR count). The fraction of sp³-hybridized carbons (Fsp3) is 0.438. The monoisotopic (exact) mass is 301 g/mol. The molecule has 0 saturated heterocycles. The zero-order valence-corrected chi connectivity index (χ0v) is 13.6. The van der Waals surface area contributed by atoms with Crippen LogP contribution in [0.5, 0.6) is 0 Å². The van der Waals surface area contributed by atoms with Gasteiger partial charge in [0.05, 0.1) is 6.54 Å². The van der Waals surface area contributed by atoms with E-state index in [0.29, 0.717) is 6.04 Å². The average molecular weight is 301 g/mol. The third-order valence-corrected chi connectivity index (χ3v) is 3.34. The number of rotatable bonds is 6. The molecule has 0 saturated carbocycles. The minimum atomic E-state index is -0.0575. The average Bonchev–Trinajstić information content (AvgIpc) is 2.88. The van der Waals surface area contributed by atoms with E-state index in [0.717, 1.165) is 24.6 Å². The number of nitrogens with zero attached hydrogens (tertiary/aromatic N) is 4. The van der Waals surface area contributed by atoms with E-state index in [9.17, 15) is 4.79 Å². The fourth-order valence-corrected chi connectivity index (χ4v) is 2.32. The van der Waals surface area contributed by atoms with Crippen LogP contribution in [-0.2, 0) is 17.9 Å². The highest BCUT2D eigenvalue weighted by atomic mass is 16.1. The second-order valence-electron chi connectivity index (χ2n) is 5.80. The van der Waals surface area contributed by atoms with Gasteiger partial charge in [0.25, 0.3) is 0 Å². The first-order valence-electron chi connectivity index (χ1n) is 7.39. The van der Waals surface area contributed by atoms with Gasteiger partial charge >= 0.3 is 0 Å². The van der Waals surface area contributed by atoms with Crippen LogP contribution in [0.4, 0.5) is 5.69 Å². The summed E-state index contributed by atoms with van der Waals surface area (Å²) in [7, 11) is 2.06. The fourth-order valence-electron chi connectivity index (χ4n) is 2.32. The Morgan fingerprint density at radius 2 is 1.95 bits per heavy atom. The van der Waals surface area contributed by atoms with Gasteiger partial charge < -0.3 is 9.88 Å². The molecule has 0 spiro atoms. The molecule has 0 atom stereocenters. The van der Waals surface area contributed by atoms with Crippen LogP contribution in [0.25, 0.3) is 0 Å². The summed E-state index contributed by atoms with van der Waals surface area (Å²) in [6.07, 6.45) is 1.77. The normalized spacial score (nSPS) is 11.2. The van der Waals surface area contributed by atoms with Crippen molar-refractivity contribution in [2.75, 3.05) is 12.4 Å². The van der Waals surface area contributed by atoms with Crippen molar-refractivity contribution < 1.29 is 4.79 Å². The summed E-state index contributed by atoms with van der Waals surface area (Å²) >= 11 is 0. The first-order chi connectivity index (χ1) is 10.5. The molecule has 1 aromatic carbocycles. The predicted octanol–water partition coefficient (Wildman–Crippen LogP) is 2.45. The molecule has 1 heterocycles. The molecule has 0 unspecified atom stereocenters. The number of hydrogen-bond donors (Lipinski definition) is 1. The molecule has 2 aromatic rings. The van der Waals surface area contributed by atoms with Crippen LogP contribution in [0, 0.1) is 0 Å². The Kier molecular flexibility index (Phi) is 5.27. The molecular formula is C16H23N5O. The second-order valence-corrected chi connectivity index (χ2v) is 5.80. The van der Waals surface area contributed by atoms with Crippen LogP contribution in [0.1, 0.15) is 38.2 Å². The Morgan fingerprint density at radius 3 is 2.55 bits per heavy atom. The van der Waals surface area contributed by atoms with E-state index in [2.05, 4.69) is 45.9 Å². The molecule has 0 fully saturated rings. The highest BCUT2D eigenvalue weighted by molar-refractivity contribution is 5.88. The van der Waals surface area contributed by atoms with Crippen LogP contribution in [-0.4, -0.2) is 32.6 Å². The largest absolute Gasteiger partial charge is 0.326 e. The van der Waals surface area contributed by atoms with E-state index in [1.807, 2.05) is 24.3 Å². The van der Waals surface area contributed by atoms with Crippen molar-refractivity contribution in [1.29, 1.82) is 0 Å². The van der Waals surface area contributed by atoms with Gasteiger partial charge in [-0.1, -0.05) is 12.1 Å². The molecule has 6 nitrogen and oxygen atoms in total. The Morgan fingerprint density at radius 1 is 1.27 bits per heavy atom. The van der Waals surface area contributed by atoms with E-state index in [-0.39, 0.29) is 5.91 Å². The maximum Gasteiger partial charge on any atom is 0.221 e. The number of nitrogens with one attached hydrogen (secondary N) is 1. The molecule has 1 aromatic heterocycles. The van der Waals surface area contributed by atoms with Crippen molar-refractivity contribution in [2.45, 2.75) is 39.9 Å². The Hall–Kier alpha value is -2.21. The summed E-state index contributed by atoms with van der Waals surface area (Å²) in [6.45, 7) is 7.30. The van der Waals surface area contributed by atoms with Gasteiger partial charge in [0.15, 0.2) is 0 Å². The van der Waals surface area contributed by atoms with Crippen molar-refractivity contribution >= 4 is 11.6 Å². The number of carbonyl (C=O) groups is 1. The maximum atomic E-state index is 11.0. The van der Waals surface area contributed by atoms with Crippen LogP contribution in [0.15, 0.2) is 30.6 Å². The molecule has 0 bridgehead atoms. The van der Waals surface area contributed by atoms with Gasteiger partial charge in [-0.05, 0) is 38.6 Å². The van der Waals surface area contributed by atoms with Gasteiger partial charge in [0.1, 0.15) is 12.2 Å². The van der Waals surface area contributed by atoms with E-state index >= 15 is 0 Å². The predicted molar refractivity (Wildman–Crippen MR) is 86.3 cm³/mol. The molecular weight excluding hydrogens is 278 g/mol. The van der Waals surface area contributed by atoms with Crippen molar-refractivity contribution in [3.05, 3.63) is 42.0 Å². The Labute approximate surface area is 131 Å². The number of anilines is 1. The first-order valence-corrected chi connectivity index (χ1v) is 7.39. The highest BCUT2D eigenvalue weighted by Gasteiger charge is 2.10. The molecule has 0 aliphatic heterocycles. The van der Waals surface area contributed by atoms with Gasteiger partial charge in [-0.3, -0.25) is 9.69 Å². The van der Waals surface area contributed by atoms with Crippen LogP contribution < -0.4 is 5.32 Å². The lowest BCUT2D eigenvalue weighted by atomic mass is 10.2. The first kappa shape index (κ1) is 16.2. The van der Waals surface area contributed by atoms with Crippen LogP contribution in [0.3, 0.4) is 0 Å². The topological polar surface area (TPSA) is 63.1 Å². The van der Waals surface area contributed by atoms with Crippen LogP contribution >= 0.6 is 0 Å². The Bertz CT molecular complexity index is 618. The van der Waals surface area contributed by atoms with Gasteiger partial charge in [-0.25, -0.2) is 0 Å². The summed E-state index contributed by atoms with van der Waals surface area (Å²) in [4.78, 5) is 13.2. The number of aromatic nitrogens is 3. The van der Waals surface area contributed by atoms with Gasteiger partial charge in [-0.15, -0.1) is 10.2 Å². The molecule has 22 heavy (non-hydrogen) atoms. The van der Waals surface area contributed by atoms with E-state index in [1.54, 1.807) is 6.33 Å². The van der Waals surface area contributed by atoms with E-state index in [1.165, 1.54) is 12.5 Å². The molecule has 6 heteroatoms.